The predicted molar refractivity (Wildman–Crippen MR) is 181 cm³/mol. The van der Waals surface area contributed by atoms with E-state index in [2.05, 4.69) is 37.5 Å². The number of H-pyrrole nitrogens is 1. The van der Waals surface area contributed by atoms with E-state index in [0.29, 0.717) is 28.1 Å². The van der Waals surface area contributed by atoms with E-state index in [0.717, 1.165) is 23.1 Å². The Balaban J connectivity index is 1.23. The fourth-order valence-electron chi connectivity index (χ4n) is 5.88. The third-order valence-electron chi connectivity index (χ3n) is 9.00. The van der Waals surface area contributed by atoms with Gasteiger partial charge in [0.05, 0.1) is 15.8 Å². The van der Waals surface area contributed by atoms with Crippen molar-refractivity contribution in [3.05, 3.63) is 110 Å². The van der Waals surface area contributed by atoms with E-state index in [4.69, 9.17) is 0 Å². The Hall–Kier alpha value is -4.81. The number of carbonyl (C=O) groups is 2. The number of carboxylic acid groups (broad SMARTS) is 1. The molecule has 1 fully saturated rings. The van der Waals surface area contributed by atoms with Crippen molar-refractivity contribution in [3.63, 3.8) is 0 Å². The Kier molecular flexibility index (Phi) is 9.64. The van der Waals surface area contributed by atoms with Crippen molar-refractivity contribution >= 4 is 39.0 Å². The first kappa shape index (κ1) is 33.6. The van der Waals surface area contributed by atoms with Gasteiger partial charge in [-0.1, -0.05) is 48.6 Å². The number of hydrogen-bond acceptors (Lipinski definition) is 6. The third-order valence-corrected chi connectivity index (χ3v) is 10.7. The van der Waals surface area contributed by atoms with Crippen LogP contribution in [-0.4, -0.2) is 54.1 Å². The molecule has 1 heterocycles. The minimum atomic E-state index is -4.23. The molecule has 1 saturated carbocycles. The zero-order valence-electron chi connectivity index (χ0n) is 27.0. The molecule has 1 aliphatic rings. The van der Waals surface area contributed by atoms with Gasteiger partial charge in [-0.2, -0.15) is 4.72 Å². The molecule has 0 saturated heterocycles. The van der Waals surface area contributed by atoms with Gasteiger partial charge >= 0.3 is 12.0 Å². The first-order valence-corrected chi connectivity index (χ1v) is 16.9. The van der Waals surface area contributed by atoms with E-state index < -0.39 is 27.6 Å². The molecule has 1 aliphatic carbocycles. The average Bonchev–Trinajstić information content (AvgIpc) is 3.80. The molecule has 0 spiro atoms. The second kappa shape index (κ2) is 13.5. The Bertz CT molecular complexity index is 2030. The monoisotopic (exact) mass is 657 g/mol. The molecule has 0 aliphatic heterocycles. The molecule has 2 unspecified atom stereocenters. The number of urea groups is 1. The normalized spacial score (nSPS) is 16.7. The number of aromatic amines is 1. The van der Waals surface area contributed by atoms with Gasteiger partial charge in [-0.05, 0) is 92.1 Å². The maximum Gasteiger partial charge on any atom is 0.322 e. The van der Waals surface area contributed by atoms with Crippen molar-refractivity contribution in [2.45, 2.75) is 70.4 Å². The number of benzene rings is 3. The number of amides is 2. The van der Waals surface area contributed by atoms with Gasteiger partial charge in [0.1, 0.15) is 11.9 Å². The number of nitrogens with zero attached hydrogens (tertiary/aromatic N) is 1. The Morgan fingerprint density at radius 2 is 1.66 bits per heavy atom. The van der Waals surface area contributed by atoms with Crippen molar-refractivity contribution in [1.29, 1.82) is 0 Å². The van der Waals surface area contributed by atoms with Gasteiger partial charge in [0, 0.05) is 24.9 Å². The molecule has 5 rings (SSSR count). The number of carbonyl (C=O) groups excluding carboxylic acids is 1. The molecular weight excluding hydrogens is 618 g/mol. The molecule has 47 heavy (non-hydrogen) atoms. The van der Waals surface area contributed by atoms with Gasteiger partial charge < -0.3 is 20.7 Å². The molecular formula is C35H39N5O6S. The molecule has 4 aromatic rings. The van der Waals surface area contributed by atoms with Crippen molar-refractivity contribution in [3.8, 4) is 0 Å². The highest BCUT2D eigenvalue weighted by molar-refractivity contribution is 7.89. The van der Waals surface area contributed by atoms with E-state index in [1.165, 1.54) is 5.56 Å². The van der Waals surface area contributed by atoms with Crippen molar-refractivity contribution in [2.24, 2.45) is 0 Å². The second-order valence-corrected chi connectivity index (χ2v) is 13.7. The summed E-state index contributed by atoms with van der Waals surface area (Å²) >= 11 is 0. The number of aliphatic carboxylic acids is 1. The van der Waals surface area contributed by atoms with Gasteiger partial charge in [0.2, 0.25) is 10.0 Å². The molecule has 5 N–H and O–H groups in total. The quantitative estimate of drug-likeness (QED) is 0.160. The summed E-state index contributed by atoms with van der Waals surface area (Å²) in [6.45, 7) is 9.28. The van der Waals surface area contributed by atoms with Crippen LogP contribution in [0.4, 0.5) is 4.79 Å². The van der Waals surface area contributed by atoms with Crippen LogP contribution < -0.4 is 20.9 Å². The van der Waals surface area contributed by atoms with Crippen LogP contribution in [0.25, 0.3) is 17.0 Å². The van der Waals surface area contributed by atoms with Crippen molar-refractivity contribution in [1.82, 2.24) is 25.3 Å². The second-order valence-electron chi connectivity index (χ2n) is 12.1. The number of fused-ring (bicyclic) bond motifs is 1. The number of nitrogens with one attached hydrogen (secondary N) is 4. The third kappa shape index (κ3) is 7.44. The van der Waals surface area contributed by atoms with Crippen molar-refractivity contribution in [2.75, 3.05) is 6.54 Å². The SMILES string of the molecule is Cc1c(C)c(C)c(S(=O)(=O)N[C@@H](Cc2nc3ccc(/C=C/CNC(=O)NC4CC4c4ccccc4)cc3c(=O)[nH]2)C(=O)O)c(C)c1C. The van der Waals surface area contributed by atoms with E-state index in [1.807, 2.05) is 39.0 Å². The van der Waals surface area contributed by atoms with Crippen LogP contribution >= 0.6 is 0 Å². The van der Waals surface area contributed by atoms with E-state index in [-0.39, 0.29) is 41.1 Å². The highest BCUT2D eigenvalue weighted by atomic mass is 32.2. The Labute approximate surface area is 273 Å². The van der Waals surface area contributed by atoms with Gasteiger partial charge in [-0.3, -0.25) is 9.59 Å². The lowest BCUT2D eigenvalue weighted by Crippen LogP contribution is -2.43. The standard InChI is InChI=1S/C35H39N5O6S/c1-19-20(2)22(4)32(23(5)21(19)3)47(45,46)40-30(34(42)43)18-31-37-28-14-13-24(16-27(28)33(41)39-31)10-9-15-36-35(44)38-29-17-26(29)25-11-7-6-8-12-25/h6-14,16,26,29-30,40H,15,17-18H2,1-5H3,(H,42,43)(H2,36,38,44)(H,37,39,41)/b10-9+/t26?,29?,30-/m0/s1. The van der Waals surface area contributed by atoms with E-state index >= 15 is 0 Å². The van der Waals surface area contributed by atoms with Crippen LogP contribution in [0.3, 0.4) is 0 Å². The van der Waals surface area contributed by atoms with Crippen molar-refractivity contribution < 1.29 is 23.1 Å². The van der Waals surface area contributed by atoms with E-state index in [9.17, 15) is 27.9 Å². The molecule has 246 valence electrons. The fourth-order valence-corrected chi connectivity index (χ4v) is 7.67. The highest BCUT2D eigenvalue weighted by Gasteiger charge is 2.39. The number of aromatic nitrogens is 2. The zero-order chi connectivity index (χ0) is 34.0. The van der Waals surface area contributed by atoms with Crippen LogP contribution in [0.2, 0.25) is 0 Å². The molecule has 1 aromatic heterocycles. The van der Waals surface area contributed by atoms with Gasteiger partial charge in [-0.15, -0.1) is 0 Å². The number of hydrogen-bond donors (Lipinski definition) is 5. The zero-order valence-corrected chi connectivity index (χ0v) is 27.8. The minimum Gasteiger partial charge on any atom is -0.480 e. The predicted octanol–water partition coefficient (Wildman–Crippen LogP) is 4.31. The number of carboxylic acids is 1. The Morgan fingerprint density at radius 1 is 1.00 bits per heavy atom. The first-order chi connectivity index (χ1) is 22.3. The lowest BCUT2D eigenvalue weighted by Gasteiger charge is -2.21. The molecule has 11 nitrogen and oxygen atoms in total. The molecule has 2 amide bonds. The molecule has 12 heteroatoms. The lowest BCUT2D eigenvalue weighted by atomic mass is 9.95. The highest BCUT2D eigenvalue weighted by Crippen LogP contribution is 2.40. The summed E-state index contributed by atoms with van der Waals surface area (Å²) in [6.07, 6.45) is 4.07. The molecule has 0 bridgehead atoms. The molecule has 3 aromatic carbocycles. The summed E-state index contributed by atoms with van der Waals surface area (Å²) < 4.78 is 29.3. The fraction of sp³-hybridized carbons (Fsp3) is 0.314. The van der Waals surface area contributed by atoms with Crippen LogP contribution in [0.5, 0.6) is 0 Å². The first-order valence-electron chi connectivity index (χ1n) is 15.4. The van der Waals surface area contributed by atoms with Crippen LogP contribution in [0.1, 0.15) is 57.1 Å². The Morgan fingerprint density at radius 3 is 2.32 bits per heavy atom. The van der Waals surface area contributed by atoms with Crippen LogP contribution in [0.15, 0.2) is 64.3 Å². The van der Waals surface area contributed by atoms with Gasteiger partial charge in [-0.25, -0.2) is 18.2 Å². The summed E-state index contributed by atoms with van der Waals surface area (Å²) in [4.78, 5) is 44.5. The van der Waals surface area contributed by atoms with Crippen LogP contribution in [0, 0.1) is 34.6 Å². The molecule has 0 radical (unpaired) electrons. The summed E-state index contributed by atoms with van der Waals surface area (Å²) in [6, 6.07) is 13.4. The maximum atomic E-state index is 13.5. The number of sulfonamides is 1. The minimum absolute atomic E-state index is 0.0333. The van der Waals surface area contributed by atoms with Crippen LogP contribution in [-0.2, 0) is 21.2 Å². The van der Waals surface area contributed by atoms with Gasteiger partial charge in [0.15, 0.2) is 0 Å². The number of rotatable bonds is 11. The maximum absolute atomic E-state index is 13.5. The largest absolute Gasteiger partial charge is 0.480 e. The topological polar surface area (TPSA) is 170 Å². The smallest absolute Gasteiger partial charge is 0.322 e. The summed E-state index contributed by atoms with van der Waals surface area (Å²) in [5.74, 6) is -1.03. The van der Waals surface area contributed by atoms with Gasteiger partial charge in [0.25, 0.3) is 5.56 Å². The summed E-state index contributed by atoms with van der Waals surface area (Å²) in [7, 11) is -4.23. The average molecular weight is 658 g/mol. The summed E-state index contributed by atoms with van der Waals surface area (Å²) in [5, 5.41) is 16.0. The summed E-state index contributed by atoms with van der Waals surface area (Å²) in [5.41, 5.74) is 5.50. The molecule has 3 atom stereocenters. The van der Waals surface area contributed by atoms with E-state index in [1.54, 1.807) is 44.2 Å². The lowest BCUT2D eigenvalue weighted by molar-refractivity contribution is -0.139.